The molecule has 1 aromatic carbocycles. The molecular weight excluding hydrogens is 271 g/mol. The van der Waals surface area contributed by atoms with Crippen molar-refractivity contribution in [3.05, 3.63) is 29.6 Å². The molecule has 1 aromatic rings. The molecule has 0 aromatic heterocycles. The average molecular weight is 288 g/mol. The van der Waals surface area contributed by atoms with Crippen LogP contribution in [0.4, 0.5) is 4.39 Å². The lowest BCUT2D eigenvalue weighted by atomic mass is 10.1. The normalized spacial score (nSPS) is 18.7. The van der Waals surface area contributed by atoms with Gasteiger partial charge in [-0.1, -0.05) is 6.07 Å². The summed E-state index contributed by atoms with van der Waals surface area (Å²) in [5.74, 6) is -0.611. The molecule has 19 heavy (non-hydrogen) atoms. The predicted octanol–water partition coefficient (Wildman–Crippen LogP) is 0.430. The van der Waals surface area contributed by atoms with Gasteiger partial charge in [-0.2, -0.15) is 4.31 Å². The molecule has 3 N–H and O–H groups in total. The van der Waals surface area contributed by atoms with Gasteiger partial charge in [0.1, 0.15) is 5.82 Å². The molecule has 1 aliphatic rings. The zero-order chi connectivity index (χ0) is 14.0. The summed E-state index contributed by atoms with van der Waals surface area (Å²) in [6.45, 7) is 0.311. The van der Waals surface area contributed by atoms with Crippen LogP contribution in [0.1, 0.15) is 18.4 Å². The second-order valence-electron chi connectivity index (χ2n) is 4.56. The highest BCUT2D eigenvalue weighted by molar-refractivity contribution is 7.89. The van der Waals surface area contributed by atoms with Crippen molar-refractivity contribution in [2.75, 3.05) is 13.1 Å². The van der Waals surface area contributed by atoms with Crippen LogP contribution in [0, 0.1) is 5.82 Å². The third-order valence-electron chi connectivity index (χ3n) is 3.32. The highest BCUT2D eigenvalue weighted by Gasteiger charge is 2.30. The number of aliphatic hydroxyl groups excluding tert-OH is 1. The van der Waals surface area contributed by atoms with Crippen molar-refractivity contribution in [1.82, 2.24) is 4.31 Å². The number of rotatable bonds is 3. The Hall–Kier alpha value is -1.02. The molecule has 0 unspecified atom stereocenters. The highest BCUT2D eigenvalue weighted by Crippen LogP contribution is 2.25. The van der Waals surface area contributed by atoms with E-state index in [1.165, 1.54) is 22.5 Å². The van der Waals surface area contributed by atoms with Gasteiger partial charge in [0.2, 0.25) is 10.0 Å². The summed E-state index contributed by atoms with van der Waals surface area (Å²) >= 11 is 0. The van der Waals surface area contributed by atoms with Crippen LogP contribution in [0.25, 0.3) is 0 Å². The van der Waals surface area contributed by atoms with Crippen LogP contribution in [-0.2, 0) is 16.6 Å². The Bertz CT molecular complexity index is 554. The summed E-state index contributed by atoms with van der Waals surface area (Å²) in [5.41, 5.74) is 5.44. The van der Waals surface area contributed by atoms with Crippen LogP contribution < -0.4 is 5.73 Å². The quantitative estimate of drug-likeness (QED) is 0.845. The number of aliphatic hydroxyl groups is 1. The second-order valence-corrected chi connectivity index (χ2v) is 6.46. The summed E-state index contributed by atoms with van der Waals surface area (Å²) in [6, 6.07) is 3.92. The minimum atomic E-state index is -3.75. The monoisotopic (exact) mass is 288 g/mol. The first-order valence-electron chi connectivity index (χ1n) is 6.12. The zero-order valence-corrected chi connectivity index (χ0v) is 11.2. The number of halogens is 1. The molecule has 0 saturated carbocycles. The van der Waals surface area contributed by atoms with Crippen molar-refractivity contribution in [3.63, 3.8) is 0 Å². The molecule has 1 fully saturated rings. The number of sulfonamides is 1. The number of piperidine rings is 1. The lowest BCUT2D eigenvalue weighted by Crippen LogP contribution is -2.40. The average Bonchev–Trinajstić information content (AvgIpc) is 2.39. The Morgan fingerprint density at radius 1 is 1.37 bits per heavy atom. The van der Waals surface area contributed by atoms with Gasteiger partial charge in [0.05, 0.1) is 11.0 Å². The van der Waals surface area contributed by atoms with Crippen molar-refractivity contribution in [1.29, 1.82) is 0 Å². The largest absolute Gasteiger partial charge is 0.393 e. The van der Waals surface area contributed by atoms with Crippen molar-refractivity contribution in [3.8, 4) is 0 Å². The lowest BCUT2D eigenvalue weighted by Gasteiger charge is -2.29. The van der Waals surface area contributed by atoms with E-state index in [1.807, 2.05) is 0 Å². The third kappa shape index (κ3) is 2.79. The van der Waals surface area contributed by atoms with Crippen LogP contribution in [0.2, 0.25) is 0 Å². The molecule has 0 amide bonds. The first-order chi connectivity index (χ1) is 8.96. The first kappa shape index (κ1) is 14.4. The molecule has 2 rings (SSSR count). The maximum atomic E-state index is 13.6. The molecule has 7 heteroatoms. The van der Waals surface area contributed by atoms with E-state index in [-0.39, 0.29) is 30.1 Å². The van der Waals surface area contributed by atoms with Gasteiger partial charge in [-0.25, -0.2) is 12.8 Å². The van der Waals surface area contributed by atoms with E-state index in [0.29, 0.717) is 12.8 Å². The molecule has 1 heterocycles. The third-order valence-corrected chi connectivity index (χ3v) is 5.30. The van der Waals surface area contributed by atoms with Crippen LogP contribution in [0.15, 0.2) is 23.1 Å². The van der Waals surface area contributed by atoms with E-state index in [1.54, 1.807) is 0 Å². The van der Waals surface area contributed by atoms with Gasteiger partial charge in [0.15, 0.2) is 0 Å². The van der Waals surface area contributed by atoms with E-state index in [4.69, 9.17) is 5.73 Å². The molecule has 0 radical (unpaired) electrons. The summed E-state index contributed by atoms with van der Waals surface area (Å²) in [4.78, 5) is -0.0774. The van der Waals surface area contributed by atoms with Crippen LogP contribution >= 0.6 is 0 Å². The number of hydrogen-bond acceptors (Lipinski definition) is 4. The molecule has 0 aliphatic carbocycles. The van der Waals surface area contributed by atoms with E-state index < -0.39 is 21.9 Å². The number of nitrogens with zero attached hydrogens (tertiary/aromatic N) is 1. The topological polar surface area (TPSA) is 83.6 Å². The maximum absolute atomic E-state index is 13.6. The summed E-state index contributed by atoms with van der Waals surface area (Å²) < 4.78 is 39.8. The number of hydrogen-bond donors (Lipinski definition) is 2. The van der Waals surface area contributed by atoms with Crippen molar-refractivity contribution in [2.45, 2.75) is 30.4 Å². The Morgan fingerprint density at radius 2 is 2.00 bits per heavy atom. The van der Waals surface area contributed by atoms with Gasteiger partial charge < -0.3 is 10.8 Å². The minimum absolute atomic E-state index is 0.00798. The summed E-state index contributed by atoms with van der Waals surface area (Å²) in [7, 11) is -3.75. The smallest absolute Gasteiger partial charge is 0.243 e. The predicted molar refractivity (Wildman–Crippen MR) is 68.3 cm³/mol. The minimum Gasteiger partial charge on any atom is -0.393 e. The van der Waals surface area contributed by atoms with E-state index in [0.717, 1.165) is 0 Å². The number of benzene rings is 1. The lowest BCUT2D eigenvalue weighted by molar-refractivity contribution is 0.113. The Morgan fingerprint density at radius 3 is 2.58 bits per heavy atom. The fraction of sp³-hybridized carbons (Fsp3) is 0.500. The Labute approximate surface area is 111 Å². The van der Waals surface area contributed by atoms with Crippen molar-refractivity contribution in [2.24, 2.45) is 5.73 Å². The van der Waals surface area contributed by atoms with Gasteiger partial charge in [0, 0.05) is 25.2 Å². The molecule has 0 bridgehead atoms. The van der Waals surface area contributed by atoms with Crippen molar-refractivity contribution >= 4 is 10.0 Å². The van der Waals surface area contributed by atoms with E-state index in [2.05, 4.69) is 0 Å². The van der Waals surface area contributed by atoms with Crippen molar-refractivity contribution < 1.29 is 17.9 Å². The van der Waals surface area contributed by atoms with Gasteiger partial charge in [0.25, 0.3) is 0 Å². The number of nitrogens with two attached hydrogens (primary N) is 1. The standard InChI is InChI=1S/C12H17FN2O3S/c13-11-2-1-3-12(10(11)8-14)19(17,18)15-6-4-9(16)5-7-15/h1-3,9,16H,4-8,14H2. The van der Waals surface area contributed by atoms with Gasteiger partial charge in [-0.3, -0.25) is 0 Å². The zero-order valence-electron chi connectivity index (χ0n) is 10.4. The van der Waals surface area contributed by atoms with Gasteiger partial charge >= 0.3 is 0 Å². The fourth-order valence-electron chi connectivity index (χ4n) is 2.20. The van der Waals surface area contributed by atoms with E-state index >= 15 is 0 Å². The molecule has 0 spiro atoms. The first-order valence-corrected chi connectivity index (χ1v) is 7.56. The highest BCUT2D eigenvalue weighted by atomic mass is 32.2. The Balaban J connectivity index is 2.37. The van der Waals surface area contributed by atoms with Gasteiger partial charge in [-0.15, -0.1) is 0 Å². The second kappa shape index (κ2) is 5.54. The molecule has 106 valence electrons. The molecule has 5 nitrogen and oxygen atoms in total. The fourth-order valence-corrected chi connectivity index (χ4v) is 3.91. The molecule has 0 atom stereocenters. The SMILES string of the molecule is NCc1c(F)cccc1S(=O)(=O)N1CCC(O)CC1. The van der Waals surface area contributed by atoms with Gasteiger partial charge in [-0.05, 0) is 25.0 Å². The van der Waals surface area contributed by atoms with Crippen LogP contribution in [0.3, 0.4) is 0 Å². The summed E-state index contributed by atoms with van der Waals surface area (Å²) in [5, 5.41) is 9.41. The van der Waals surface area contributed by atoms with Crippen LogP contribution in [0.5, 0.6) is 0 Å². The molecule has 1 aliphatic heterocycles. The Kier molecular flexibility index (Phi) is 4.19. The van der Waals surface area contributed by atoms with Crippen LogP contribution in [-0.4, -0.2) is 37.0 Å². The maximum Gasteiger partial charge on any atom is 0.243 e. The van der Waals surface area contributed by atoms with E-state index in [9.17, 15) is 17.9 Å². The molecular formula is C12H17FN2O3S. The summed E-state index contributed by atoms with van der Waals surface area (Å²) in [6.07, 6.45) is 0.326. The molecule has 1 saturated heterocycles.